The molecule has 0 radical (unpaired) electrons. The highest BCUT2D eigenvalue weighted by Crippen LogP contribution is 2.38. The number of thioether (sulfide) groups is 1. The molecule has 3 aromatic heterocycles. The van der Waals surface area contributed by atoms with Crippen molar-refractivity contribution < 1.29 is 0 Å². The molecule has 298 valence electrons. The van der Waals surface area contributed by atoms with Crippen LogP contribution in [0.1, 0.15) is 11.3 Å². The molecule has 8 aromatic carbocycles. The van der Waals surface area contributed by atoms with Gasteiger partial charge in [-0.2, -0.15) is 0 Å². The first-order chi connectivity index (χ1) is 31.1. The van der Waals surface area contributed by atoms with Crippen LogP contribution in [-0.4, -0.2) is 37.3 Å². The number of nitrogens with zero attached hydrogens (tertiary/aromatic N) is 5. The van der Waals surface area contributed by atoms with Crippen LogP contribution >= 0.6 is 23.1 Å². The first-order valence-corrected chi connectivity index (χ1v) is 22.3. The summed E-state index contributed by atoms with van der Waals surface area (Å²) in [7, 11) is 1.77. The summed E-state index contributed by atoms with van der Waals surface area (Å²) >= 11 is 2.81. The Hall–Kier alpha value is -7.65. The highest BCUT2D eigenvalue weighted by molar-refractivity contribution is 8.27. The molecule has 1 N–H and O–H groups in total. The lowest BCUT2D eigenvalue weighted by molar-refractivity contribution is 1.09. The van der Waals surface area contributed by atoms with Crippen LogP contribution < -0.4 is 0 Å². The largest absolute Gasteiger partial charge is 0.292 e. The third-order valence-electron chi connectivity index (χ3n) is 11.4. The van der Waals surface area contributed by atoms with Crippen molar-refractivity contribution in [1.29, 1.82) is 5.41 Å². The van der Waals surface area contributed by atoms with Gasteiger partial charge < -0.3 is 0 Å². The molecule has 0 saturated heterocycles. The highest BCUT2D eigenvalue weighted by atomic mass is 32.2. The number of rotatable bonds is 7. The third kappa shape index (κ3) is 7.25. The van der Waals surface area contributed by atoms with Crippen LogP contribution in [0.3, 0.4) is 0 Å². The maximum Gasteiger partial charge on any atom is 0.166 e. The van der Waals surface area contributed by atoms with E-state index in [1.165, 1.54) is 50.0 Å². The summed E-state index contributed by atoms with van der Waals surface area (Å²) in [5, 5.41) is 30.7. The zero-order chi connectivity index (χ0) is 42.3. The summed E-state index contributed by atoms with van der Waals surface area (Å²) < 4.78 is 0. The van der Waals surface area contributed by atoms with Crippen molar-refractivity contribution >= 4 is 76.3 Å². The summed E-state index contributed by atoms with van der Waals surface area (Å²) in [6, 6.07) is 67.0. The highest BCUT2D eigenvalue weighted by Gasteiger charge is 2.19. The Kier molecular flexibility index (Phi) is 9.92. The number of hydrogen-bond donors (Lipinski definition) is 1. The van der Waals surface area contributed by atoms with Crippen LogP contribution in [0.5, 0.6) is 0 Å². The normalized spacial score (nSPS) is 11.8. The van der Waals surface area contributed by atoms with Crippen molar-refractivity contribution in [3.05, 3.63) is 205 Å². The molecule has 3 heterocycles. The van der Waals surface area contributed by atoms with E-state index in [2.05, 4.69) is 146 Å². The van der Waals surface area contributed by atoms with Crippen LogP contribution in [0.15, 0.2) is 199 Å². The van der Waals surface area contributed by atoms with Gasteiger partial charge in [0.05, 0.1) is 17.1 Å². The van der Waals surface area contributed by atoms with Gasteiger partial charge in [0.2, 0.25) is 0 Å². The van der Waals surface area contributed by atoms with Crippen molar-refractivity contribution in [2.75, 3.05) is 7.05 Å². The minimum absolute atomic E-state index is 0.303. The number of hydrogen-bond acceptors (Lipinski definition) is 8. The molecule has 0 unspecified atom stereocenters. The van der Waals surface area contributed by atoms with E-state index >= 15 is 0 Å². The number of benzene rings is 8. The molecule has 0 aliphatic rings. The Morgan fingerprint density at radius 1 is 0.460 bits per heavy atom. The second-order valence-corrected chi connectivity index (χ2v) is 17.2. The third-order valence-corrected chi connectivity index (χ3v) is 13.4. The Balaban J connectivity index is 0.930. The Morgan fingerprint density at radius 3 is 1.63 bits per heavy atom. The Labute approximate surface area is 372 Å². The van der Waals surface area contributed by atoms with Crippen molar-refractivity contribution in [3.63, 3.8) is 0 Å². The average molecular weight is 845 g/mol. The smallest absolute Gasteiger partial charge is 0.166 e. The van der Waals surface area contributed by atoms with Crippen LogP contribution in [0.4, 0.5) is 0 Å². The van der Waals surface area contributed by atoms with Gasteiger partial charge >= 0.3 is 0 Å². The molecule has 6 nitrogen and oxygen atoms in total. The van der Waals surface area contributed by atoms with Crippen molar-refractivity contribution in [2.24, 2.45) is 4.99 Å². The second-order valence-electron chi connectivity index (χ2n) is 15.2. The molecule has 0 bridgehead atoms. The number of pyridine rings is 2. The topological polar surface area (TPSA) is 87.8 Å². The molecule has 0 spiro atoms. The van der Waals surface area contributed by atoms with Gasteiger partial charge in [0, 0.05) is 29.3 Å². The molecule has 11 rings (SSSR count). The van der Waals surface area contributed by atoms with E-state index < -0.39 is 0 Å². The van der Waals surface area contributed by atoms with Crippen LogP contribution in [-0.2, 0) is 0 Å². The van der Waals surface area contributed by atoms with Gasteiger partial charge in [0.15, 0.2) is 5.01 Å². The maximum absolute atomic E-state index is 9.36. The lowest BCUT2D eigenvalue weighted by Crippen LogP contribution is -2.05. The molecule has 0 aliphatic carbocycles. The van der Waals surface area contributed by atoms with E-state index in [9.17, 15) is 5.41 Å². The number of aromatic nitrogens is 4. The zero-order valence-electron chi connectivity index (χ0n) is 34.0. The average Bonchev–Trinajstić information content (AvgIpc) is 3.86. The van der Waals surface area contributed by atoms with Crippen LogP contribution in [0.25, 0.3) is 98.0 Å². The Bertz CT molecular complexity index is 3600. The monoisotopic (exact) mass is 844 g/mol. The molecule has 0 fully saturated rings. The summed E-state index contributed by atoms with van der Waals surface area (Å²) in [5.41, 5.74) is 9.02. The maximum atomic E-state index is 9.36. The second kappa shape index (κ2) is 16.3. The van der Waals surface area contributed by atoms with Gasteiger partial charge in [0.1, 0.15) is 20.8 Å². The standard InChI is InChI=1S/C55H36N6S2/c1-57-53(62-52(56)50-27-13-25-48(58-50)46-32-35-17-5-7-19-40(35)42-21-9-11-23-44(42)46)38-29-37(34-15-3-2-4-16-34)30-39(31-38)54-60-61-55(63-54)51-28-14-26-49(59-51)47-33-36-18-6-8-20-41(36)43-22-10-12-24-45(43)47/h2-33,56H,1H3/b56-52?,57-53-. The van der Waals surface area contributed by atoms with E-state index in [1.54, 1.807) is 7.05 Å². The van der Waals surface area contributed by atoms with Gasteiger partial charge in [-0.1, -0.05) is 151 Å². The Morgan fingerprint density at radius 2 is 0.984 bits per heavy atom. The molecular formula is C55H36N6S2. The molecule has 0 atom stereocenters. The molecular weight excluding hydrogens is 809 g/mol. The molecule has 11 aromatic rings. The quantitative estimate of drug-likeness (QED) is 0.0981. The SMILES string of the molecule is C/N=C(\SC(=N)c1cccc(-c2cc3ccccc3c3ccccc23)n1)c1cc(-c2ccccc2)cc(-c2nnc(-c3cccc(-c4cc5ccccc5c5ccccc45)n3)s2)c1. The number of aliphatic imine (C=N–C) groups is 1. The van der Waals surface area contributed by atoms with E-state index in [1.807, 2.05) is 48.5 Å². The van der Waals surface area contributed by atoms with E-state index in [-0.39, 0.29) is 0 Å². The molecule has 0 saturated carbocycles. The van der Waals surface area contributed by atoms with Crippen molar-refractivity contribution in [3.8, 4) is 54.9 Å². The van der Waals surface area contributed by atoms with E-state index in [0.29, 0.717) is 15.8 Å². The lowest BCUT2D eigenvalue weighted by atomic mass is 9.95. The van der Waals surface area contributed by atoms with Crippen LogP contribution in [0.2, 0.25) is 0 Å². The molecule has 0 aliphatic heterocycles. The number of nitrogens with one attached hydrogen (secondary N) is 1. The first kappa shape index (κ1) is 38.3. The predicted molar refractivity (Wildman–Crippen MR) is 266 cm³/mol. The van der Waals surface area contributed by atoms with E-state index in [4.69, 9.17) is 25.2 Å². The lowest BCUT2D eigenvalue weighted by Gasteiger charge is -2.13. The molecule has 0 amide bonds. The summed E-state index contributed by atoms with van der Waals surface area (Å²) in [4.78, 5) is 15.0. The predicted octanol–water partition coefficient (Wildman–Crippen LogP) is 14.4. The molecule has 8 heteroatoms. The summed E-state index contributed by atoms with van der Waals surface area (Å²) in [6.07, 6.45) is 0. The zero-order valence-corrected chi connectivity index (χ0v) is 35.7. The first-order valence-electron chi connectivity index (χ1n) is 20.6. The summed E-state index contributed by atoms with van der Waals surface area (Å²) in [6.45, 7) is 0. The number of fused-ring (bicyclic) bond motifs is 6. The van der Waals surface area contributed by atoms with Gasteiger partial charge in [-0.05, 0) is 121 Å². The van der Waals surface area contributed by atoms with Crippen molar-refractivity contribution in [1.82, 2.24) is 20.2 Å². The van der Waals surface area contributed by atoms with Gasteiger partial charge in [0.25, 0.3) is 0 Å². The van der Waals surface area contributed by atoms with Crippen LogP contribution in [0, 0.1) is 5.41 Å². The van der Waals surface area contributed by atoms with Crippen molar-refractivity contribution in [2.45, 2.75) is 0 Å². The molecule has 63 heavy (non-hydrogen) atoms. The van der Waals surface area contributed by atoms with Gasteiger partial charge in [-0.15, -0.1) is 10.2 Å². The fourth-order valence-electron chi connectivity index (χ4n) is 8.45. The fraction of sp³-hybridized carbons (Fsp3) is 0.0182. The minimum atomic E-state index is 0.303. The summed E-state index contributed by atoms with van der Waals surface area (Å²) in [5.74, 6) is 0. The van der Waals surface area contributed by atoms with Gasteiger partial charge in [-0.25, -0.2) is 9.97 Å². The van der Waals surface area contributed by atoms with E-state index in [0.717, 1.165) is 76.6 Å². The fourth-order valence-corrected chi connectivity index (χ4v) is 9.98. The minimum Gasteiger partial charge on any atom is -0.292 e. The van der Waals surface area contributed by atoms with Gasteiger partial charge in [-0.3, -0.25) is 10.4 Å².